The summed E-state index contributed by atoms with van der Waals surface area (Å²) in [5.74, 6) is 0.701. The molecule has 24 heavy (non-hydrogen) atoms. The Morgan fingerprint density at radius 1 is 1.29 bits per heavy atom. The molecule has 132 valence electrons. The second kappa shape index (κ2) is 8.01. The predicted octanol–water partition coefficient (Wildman–Crippen LogP) is 1.05. The van der Waals surface area contributed by atoms with Gasteiger partial charge in [0.2, 0.25) is 11.8 Å². The first kappa shape index (κ1) is 18.1. The maximum Gasteiger partial charge on any atom is 0.229 e. The van der Waals surface area contributed by atoms with Crippen molar-refractivity contribution in [2.75, 3.05) is 53.3 Å². The normalized spacial score (nSPS) is 17.3. The number of rotatable bonds is 7. The smallest absolute Gasteiger partial charge is 0.229 e. The minimum absolute atomic E-state index is 0.0318. The molecule has 0 saturated carbocycles. The van der Waals surface area contributed by atoms with Gasteiger partial charge in [0, 0.05) is 37.8 Å². The topological polar surface area (TPSA) is 71.1 Å². The molecule has 0 bridgehead atoms. The van der Waals surface area contributed by atoms with E-state index in [2.05, 4.69) is 5.32 Å². The number of benzene rings is 1. The first-order valence-corrected chi connectivity index (χ1v) is 7.90. The first-order chi connectivity index (χ1) is 11.4. The SMILES string of the molecule is COc1ccc(NC(=O)C2CC(=O)N(CCN(C)C)C2)cc1OC. The molecule has 1 unspecified atom stereocenters. The van der Waals surface area contributed by atoms with Crippen molar-refractivity contribution < 1.29 is 19.1 Å². The van der Waals surface area contributed by atoms with E-state index >= 15 is 0 Å². The van der Waals surface area contributed by atoms with E-state index < -0.39 is 0 Å². The lowest BCUT2D eigenvalue weighted by Crippen LogP contribution is -2.33. The van der Waals surface area contributed by atoms with Crippen molar-refractivity contribution in [2.24, 2.45) is 5.92 Å². The van der Waals surface area contributed by atoms with Gasteiger partial charge in [0.25, 0.3) is 0 Å². The molecule has 7 nitrogen and oxygen atoms in total. The summed E-state index contributed by atoms with van der Waals surface area (Å²) in [6, 6.07) is 5.19. The van der Waals surface area contributed by atoms with Crippen LogP contribution in [0.4, 0.5) is 5.69 Å². The van der Waals surface area contributed by atoms with E-state index in [0.29, 0.717) is 30.3 Å². The number of nitrogens with zero attached hydrogens (tertiary/aromatic N) is 2. The molecule has 0 aromatic heterocycles. The van der Waals surface area contributed by atoms with Gasteiger partial charge in [-0.15, -0.1) is 0 Å². The summed E-state index contributed by atoms with van der Waals surface area (Å²) in [6.07, 6.45) is 0.256. The number of hydrogen-bond acceptors (Lipinski definition) is 5. The van der Waals surface area contributed by atoms with Crippen LogP contribution in [-0.2, 0) is 9.59 Å². The van der Waals surface area contributed by atoms with Crippen LogP contribution in [0.5, 0.6) is 11.5 Å². The largest absolute Gasteiger partial charge is 0.493 e. The van der Waals surface area contributed by atoms with Crippen molar-refractivity contribution in [1.82, 2.24) is 9.80 Å². The van der Waals surface area contributed by atoms with Crippen LogP contribution in [0.15, 0.2) is 18.2 Å². The number of amides is 2. The lowest BCUT2D eigenvalue weighted by molar-refractivity contribution is -0.128. The van der Waals surface area contributed by atoms with E-state index in [-0.39, 0.29) is 24.2 Å². The molecule has 1 aromatic carbocycles. The van der Waals surface area contributed by atoms with E-state index in [1.807, 2.05) is 19.0 Å². The number of carbonyl (C=O) groups excluding carboxylic acids is 2. The highest BCUT2D eigenvalue weighted by Crippen LogP contribution is 2.30. The number of likely N-dealkylation sites (N-methyl/N-ethyl adjacent to an activating group) is 1. The van der Waals surface area contributed by atoms with Crippen LogP contribution >= 0.6 is 0 Å². The van der Waals surface area contributed by atoms with Crippen molar-refractivity contribution in [3.8, 4) is 11.5 Å². The molecule has 1 aliphatic rings. The van der Waals surface area contributed by atoms with E-state index in [1.54, 1.807) is 37.3 Å². The average molecular weight is 335 g/mol. The molecule has 1 atom stereocenters. The van der Waals surface area contributed by atoms with Gasteiger partial charge in [-0.1, -0.05) is 0 Å². The Morgan fingerprint density at radius 2 is 2.00 bits per heavy atom. The highest BCUT2D eigenvalue weighted by Gasteiger charge is 2.34. The summed E-state index contributed by atoms with van der Waals surface area (Å²) < 4.78 is 10.4. The number of ether oxygens (including phenoxy) is 2. The molecular weight excluding hydrogens is 310 g/mol. The number of anilines is 1. The molecule has 1 fully saturated rings. The summed E-state index contributed by atoms with van der Waals surface area (Å²) in [5.41, 5.74) is 0.622. The Bertz CT molecular complexity index is 603. The van der Waals surface area contributed by atoms with Gasteiger partial charge in [0.1, 0.15) is 0 Å². The van der Waals surface area contributed by atoms with Crippen LogP contribution in [0.3, 0.4) is 0 Å². The Kier molecular flexibility index (Phi) is 6.03. The molecule has 1 aliphatic heterocycles. The van der Waals surface area contributed by atoms with Crippen molar-refractivity contribution in [1.29, 1.82) is 0 Å². The first-order valence-electron chi connectivity index (χ1n) is 7.90. The zero-order valence-corrected chi connectivity index (χ0v) is 14.7. The van der Waals surface area contributed by atoms with Crippen molar-refractivity contribution in [2.45, 2.75) is 6.42 Å². The van der Waals surface area contributed by atoms with E-state index in [4.69, 9.17) is 9.47 Å². The Balaban J connectivity index is 1.97. The summed E-state index contributed by atoms with van der Waals surface area (Å²) in [7, 11) is 7.02. The van der Waals surface area contributed by atoms with Gasteiger partial charge in [0.05, 0.1) is 20.1 Å². The minimum atomic E-state index is -0.326. The highest BCUT2D eigenvalue weighted by molar-refractivity contribution is 5.97. The average Bonchev–Trinajstić information content (AvgIpc) is 2.93. The molecule has 1 aromatic rings. The molecule has 1 heterocycles. The fourth-order valence-electron chi connectivity index (χ4n) is 2.64. The lowest BCUT2D eigenvalue weighted by atomic mass is 10.1. The van der Waals surface area contributed by atoms with Gasteiger partial charge < -0.3 is 24.6 Å². The molecule has 7 heteroatoms. The van der Waals surface area contributed by atoms with Gasteiger partial charge in [-0.05, 0) is 26.2 Å². The van der Waals surface area contributed by atoms with E-state index in [1.165, 1.54) is 0 Å². The van der Waals surface area contributed by atoms with Crippen LogP contribution < -0.4 is 14.8 Å². The van der Waals surface area contributed by atoms with Crippen molar-refractivity contribution in [3.05, 3.63) is 18.2 Å². The fraction of sp³-hybridized carbons (Fsp3) is 0.529. The van der Waals surface area contributed by atoms with Crippen molar-refractivity contribution in [3.63, 3.8) is 0 Å². The van der Waals surface area contributed by atoms with E-state index in [9.17, 15) is 9.59 Å². The highest BCUT2D eigenvalue weighted by atomic mass is 16.5. The zero-order valence-electron chi connectivity index (χ0n) is 14.7. The summed E-state index contributed by atoms with van der Waals surface area (Å²) in [5, 5.41) is 2.85. The second-order valence-electron chi connectivity index (χ2n) is 6.10. The van der Waals surface area contributed by atoms with Crippen LogP contribution in [0, 0.1) is 5.92 Å². The molecule has 1 N–H and O–H groups in total. The lowest BCUT2D eigenvalue weighted by Gasteiger charge is -2.19. The van der Waals surface area contributed by atoms with Crippen LogP contribution in [0.2, 0.25) is 0 Å². The predicted molar refractivity (Wildman–Crippen MR) is 91.4 cm³/mol. The Hall–Kier alpha value is -2.28. The number of methoxy groups -OCH3 is 2. The summed E-state index contributed by atoms with van der Waals surface area (Å²) in [6.45, 7) is 1.90. The molecule has 0 aliphatic carbocycles. The maximum atomic E-state index is 12.4. The standard InChI is InChI=1S/C17H25N3O4/c1-19(2)7-8-20-11-12(9-16(20)21)17(22)18-13-5-6-14(23-3)15(10-13)24-4/h5-6,10,12H,7-9,11H2,1-4H3,(H,18,22). The third-order valence-corrected chi connectivity index (χ3v) is 4.05. The molecule has 1 saturated heterocycles. The zero-order chi connectivity index (χ0) is 17.7. The Morgan fingerprint density at radius 3 is 2.62 bits per heavy atom. The number of carbonyl (C=O) groups is 2. The number of hydrogen-bond donors (Lipinski definition) is 1. The van der Waals surface area contributed by atoms with Gasteiger partial charge in [0.15, 0.2) is 11.5 Å². The van der Waals surface area contributed by atoms with Crippen LogP contribution in [-0.4, -0.2) is 69.6 Å². The summed E-state index contributed by atoms with van der Waals surface area (Å²) >= 11 is 0. The molecule has 0 spiro atoms. The molecule has 0 radical (unpaired) electrons. The second-order valence-corrected chi connectivity index (χ2v) is 6.10. The number of likely N-dealkylation sites (tertiary alicyclic amines) is 1. The Labute approximate surface area is 142 Å². The van der Waals surface area contributed by atoms with Crippen LogP contribution in [0.1, 0.15) is 6.42 Å². The minimum Gasteiger partial charge on any atom is -0.493 e. The van der Waals surface area contributed by atoms with Gasteiger partial charge in [-0.2, -0.15) is 0 Å². The quantitative estimate of drug-likeness (QED) is 0.806. The van der Waals surface area contributed by atoms with Crippen LogP contribution in [0.25, 0.3) is 0 Å². The monoisotopic (exact) mass is 335 g/mol. The summed E-state index contributed by atoms with van der Waals surface area (Å²) in [4.78, 5) is 28.2. The molecule has 2 rings (SSSR count). The third-order valence-electron chi connectivity index (χ3n) is 4.05. The van der Waals surface area contributed by atoms with Gasteiger partial charge in [-0.3, -0.25) is 9.59 Å². The maximum absolute atomic E-state index is 12.4. The third kappa shape index (κ3) is 4.38. The van der Waals surface area contributed by atoms with Gasteiger partial charge in [-0.25, -0.2) is 0 Å². The molecular formula is C17H25N3O4. The molecule has 2 amide bonds. The number of nitrogens with one attached hydrogen (secondary N) is 1. The fourth-order valence-corrected chi connectivity index (χ4v) is 2.64. The van der Waals surface area contributed by atoms with Gasteiger partial charge >= 0.3 is 0 Å². The van der Waals surface area contributed by atoms with Crippen molar-refractivity contribution >= 4 is 17.5 Å². The van der Waals surface area contributed by atoms with E-state index in [0.717, 1.165) is 6.54 Å².